The van der Waals surface area contributed by atoms with Crippen LogP contribution in [-0.2, 0) is 14.9 Å². The van der Waals surface area contributed by atoms with Crippen LogP contribution in [0.15, 0.2) is 89.3 Å². The molecule has 0 radical (unpaired) electrons. The van der Waals surface area contributed by atoms with Crippen molar-refractivity contribution in [1.29, 1.82) is 5.26 Å². The molecule has 0 bridgehead atoms. The van der Waals surface area contributed by atoms with Crippen LogP contribution in [0.2, 0.25) is 0 Å². The first kappa shape index (κ1) is 20.6. The number of phenols is 1. The van der Waals surface area contributed by atoms with E-state index in [4.69, 9.17) is 4.18 Å². The fourth-order valence-corrected chi connectivity index (χ4v) is 3.39. The number of rotatable bonds is 6. The van der Waals surface area contributed by atoms with Gasteiger partial charge in [0.15, 0.2) is 0 Å². The molecule has 0 aromatic heterocycles. The largest absolute Gasteiger partial charge is 0.508 e. The molecule has 3 aromatic rings. The van der Waals surface area contributed by atoms with Crippen LogP contribution < -0.4 is 9.50 Å². The van der Waals surface area contributed by atoms with Crippen molar-refractivity contribution in [3.05, 3.63) is 90.0 Å². The van der Waals surface area contributed by atoms with E-state index >= 15 is 0 Å². The number of nitrogens with zero attached hydrogens (tertiary/aromatic N) is 1. The minimum Gasteiger partial charge on any atom is -0.508 e. The van der Waals surface area contributed by atoms with Crippen LogP contribution in [0.5, 0.6) is 11.5 Å². The van der Waals surface area contributed by atoms with E-state index < -0.39 is 16.0 Å². The molecule has 30 heavy (non-hydrogen) atoms. The Morgan fingerprint density at radius 2 is 1.60 bits per heavy atom. The summed E-state index contributed by atoms with van der Waals surface area (Å²) in [7, 11) is -3.95. The molecule has 0 fully saturated rings. The first-order valence-electron chi connectivity index (χ1n) is 8.69. The fourth-order valence-electron chi connectivity index (χ4n) is 2.44. The van der Waals surface area contributed by atoms with Crippen LogP contribution in [0, 0.1) is 11.3 Å². The van der Waals surface area contributed by atoms with Crippen molar-refractivity contribution >= 4 is 27.8 Å². The van der Waals surface area contributed by atoms with E-state index in [1.165, 1.54) is 66.7 Å². The first-order chi connectivity index (χ1) is 14.4. The van der Waals surface area contributed by atoms with Crippen molar-refractivity contribution < 1.29 is 22.5 Å². The summed E-state index contributed by atoms with van der Waals surface area (Å²) in [4.78, 5) is 12.3. The molecular weight excluding hydrogens is 404 g/mol. The Bertz CT molecular complexity index is 1210. The zero-order valence-corrected chi connectivity index (χ0v) is 16.3. The van der Waals surface area contributed by atoms with Gasteiger partial charge in [-0.15, -0.1) is 0 Å². The molecule has 2 N–H and O–H groups in total. The normalized spacial score (nSPS) is 11.4. The van der Waals surface area contributed by atoms with Gasteiger partial charge in [-0.25, -0.2) is 0 Å². The molecule has 0 heterocycles. The first-order valence-corrected chi connectivity index (χ1v) is 10.1. The van der Waals surface area contributed by atoms with Gasteiger partial charge >= 0.3 is 10.1 Å². The maximum Gasteiger partial charge on any atom is 0.339 e. The molecule has 0 aliphatic rings. The van der Waals surface area contributed by atoms with Gasteiger partial charge in [0.25, 0.3) is 5.91 Å². The summed E-state index contributed by atoms with van der Waals surface area (Å²) < 4.78 is 29.6. The van der Waals surface area contributed by atoms with Crippen molar-refractivity contribution in [2.75, 3.05) is 5.32 Å². The summed E-state index contributed by atoms with van der Waals surface area (Å²) in [6, 6.07) is 21.3. The molecule has 1 amide bonds. The Balaban J connectivity index is 1.73. The lowest BCUT2D eigenvalue weighted by atomic mass is 10.1. The predicted octanol–water partition coefficient (Wildman–Crippen LogP) is 3.71. The Morgan fingerprint density at radius 3 is 2.20 bits per heavy atom. The van der Waals surface area contributed by atoms with E-state index in [0.29, 0.717) is 11.3 Å². The quantitative estimate of drug-likeness (QED) is 0.272. The van der Waals surface area contributed by atoms with E-state index in [0.717, 1.165) is 0 Å². The molecule has 3 aromatic carbocycles. The summed E-state index contributed by atoms with van der Waals surface area (Å²) in [5.41, 5.74) is 0.791. The highest BCUT2D eigenvalue weighted by atomic mass is 32.2. The van der Waals surface area contributed by atoms with E-state index in [1.54, 1.807) is 18.2 Å². The van der Waals surface area contributed by atoms with Gasteiger partial charge in [0, 0.05) is 5.69 Å². The van der Waals surface area contributed by atoms with Gasteiger partial charge in [0.1, 0.15) is 28.0 Å². The van der Waals surface area contributed by atoms with Crippen molar-refractivity contribution in [2.24, 2.45) is 0 Å². The molecule has 150 valence electrons. The average molecular weight is 420 g/mol. The number of nitriles is 1. The number of amides is 1. The number of hydrogen-bond donors (Lipinski definition) is 2. The molecule has 0 spiro atoms. The van der Waals surface area contributed by atoms with Crippen LogP contribution in [-0.4, -0.2) is 19.4 Å². The second kappa shape index (κ2) is 8.94. The molecular formula is C22H16N2O5S. The molecule has 0 saturated carbocycles. The van der Waals surface area contributed by atoms with Gasteiger partial charge in [-0.05, 0) is 60.2 Å². The highest BCUT2D eigenvalue weighted by Crippen LogP contribution is 2.20. The summed E-state index contributed by atoms with van der Waals surface area (Å²) in [6.45, 7) is 0. The molecule has 8 heteroatoms. The number of carbonyl (C=O) groups excluding carboxylic acids is 1. The fraction of sp³-hybridized carbons (Fsp3) is 0. The molecule has 0 saturated heterocycles. The molecule has 0 aliphatic heterocycles. The summed E-state index contributed by atoms with van der Waals surface area (Å²) in [5.74, 6) is -0.459. The average Bonchev–Trinajstić information content (AvgIpc) is 2.75. The minimum atomic E-state index is -3.95. The second-order valence-corrected chi connectivity index (χ2v) is 7.64. The van der Waals surface area contributed by atoms with E-state index in [1.807, 2.05) is 6.07 Å². The van der Waals surface area contributed by atoms with Crippen molar-refractivity contribution in [2.45, 2.75) is 4.90 Å². The maximum absolute atomic E-state index is 12.3. The van der Waals surface area contributed by atoms with E-state index in [9.17, 15) is 23.6 Å². The van der Waals surface area contributed by atoms with Gasteiger partial charge in [0.05, 0.1) is 0 Å². The zero-order valence-electron chi connectivity index (χ0n) is 15.5. The van der Waals surface area contributed by atoms with Gasteiger partial charge < -0.3 is 14.6 Å². The van der Waals surface area contributed by atoms with Crippen LogP contribution in [0.1, 0.15) is 5.56 Å². The number of nitrogens with one attached hydrogen (secondary N) is 1. The standard InChI is InChI=1S/C22H16N2O5S/c23-15-17(22(26)24-18-8-10-19(25)11-9-18)14-16-6-12-20(13-7-16)29-30(27,28)21-4-2-1-3-5-21/h1-14,25H,(H,24,26)/b17-14+. The summed E-state index contributed by atoms with van der Waals surface area (Å²) in [5, 5.41) is 21.1. The SMILES string of the molecule is N#C/C(=C\c1ccc(OS(=O)(=O)c2ccccc2)cc1)C(=O)Nc1ccc(O)cc1. The summed E-state index contributed by atoms with van der Waals surface area (Å²) in [6.07, 6.45) is 1.37. The third-order valence-electron chi connectivity index (χ3n) is 3.92. The third kappa shape index (κ3) is 5.25. The van der Waals surface area contributed by atoms with Gasteiger partial charge in [-0.2, -0.15) is 13.7 Å². The smallest absolute Gasteiger partial charge is 0.339 e. The van der Waals surface area contributed by atoms with Crippen molar-refractivity contribution in [3.8, 4) is 17.6 Å². The number of phenolic OH excluding ortho intramolecular Hbond substituents is 1. The van der Waals surface area contributed by atoms with Crippen molar-refractivity contribution in [1.82, 2.24) is 0 Å². The minimum absolute atomic E-state index is 0.0339. The highest BCUT2D eigenvalue weighted by molar-refractivity contribution is 7.87. The molecule has 7 nitrogen and oxygen atoms in total. The van der Waals surface area contributed by atoms with Crippen LogP contribution in [0.25, 0.3) is 6.08 Å². The lowest BCUT2D eigenvalue weighted by Gasteiger charge is -2.07. The highest BCUT2D eigenvalue weighted by Gasteiger charge is 2.16. The van der Waals surface area contributed by atoms with E-state index in [-0.39, 0.29) is 22.0 Å². The zero-order chi connectivity index (χ0) is 21.6. The monoisotopic (exact) mass is 420 g/mol. The maximum atomic E-state index is 12.3. The number of hydrogen-bond acceptors (Lipinski definition) is 6. The number of benzene rings is 3. The predicted molar refractivity (Wildman–Crippen MR) is 111 cm³/mol. The topological polar surface area (TPSA) is 116 Å². The molecule has 0 aliphatic carbocycles. The Hall–Kier alpha value is -4.09. The number of anilines is 1. The molecule has 3 rings (SSSR count). The van der Waals surface area contributed by atoms with Gasteiger partial charge in [0.2, 0.25) is 0 Å². The Morgan fingerprint density at radius 1 is 0.967 bits per heavy atom. The number of carbonyl (C=O) groups is 1. The lowest BCUT2D eigenvalue weighted by Crippen LogP contribution is -2.13. The number of aromatic hydroxyl groups is 1. The van der Waals surface area contributed by atoms with Crippen LogP contribution in [0.4, 0.5) is 5.69 Å². The Labute approximate surface area is 173 Å². The second-order valence-electron chi connectivity index (χ2n) is 6.09. The summed E-state index contributed by atoms with van der Waals surface area (Å²) >= 11 is 0. The Kier molecular flexibility index (Phi) is 6.15. The van der Waals surface area contributed by atoms with E-state index in [2.05, 4.69) is 5.32 Å². The third-order valence-corrected chi connectivity index (χ3v) is 5.18. The van der Waals surface area contributed by atoms with Crippen molar-refractivity contribution in [3.63, 3.8) is 0 Å². The lowest BCUT2D eigenvalue weighted by molar-refractivity contribution is -0.112. The van der Waals surface area contributed by atoms with Crippen LogP contribution in [0.3, 0.4) is 0 Å². The molecule has 0 unspecified atom stereocenters. The van der Waals surface area contributed by atoms with Crippen LogP contribution >= 0.6 is 0 Å². The van der Waals surface area contributed by atoms with Gasteiger partial charge in [-0.3, -0.25) is 4.79 Å². The van der Waals surface area contributed by atoms with Gasteiger partial charge in [-0.1, -0.05) is 30.3 Å². The molecule has 0 atom stereocenters.